The van der Waals surface area contributed by atoms with Crippen molar-refractivity contribution in [1.82, 2.24) is 24.9 Å². The maximum absolute atomic E-state index is 14.5. The van der Waals surface area contributed by atoms with Crippen molar-refractivity contribution >= 4 is 29.2 Å². The number of rotatable bonds is 7. The number of piperidine rings is 2. The van der Waals surface area contributed by atoms with Crippen molar-refractivity contribution in [3.8, 4) is 0 Å². The maximum atomic E-state index is 14.5. The number of carbonyl (C=O) groups excluding carboxylic acids is 1. The molecule has 0 bridgehead atoms. The molecule has 2 unspecified atom stereocenters. The zero-order valence-electron chi connectivity index (χ0n) is 26.9. The van der Waals surface area contributed by atoms with Crippen LogP contribution in [0.3, 0.4) is 0 Å². The third kappa shape index (κ3) is 6.38. The van der Waals surface area contributed by atoms with E-state index >= 15 is 0 Å². The largest absolute Gasteiger partial charge is 0.404 e. The molecule has 0 spiro atoms. The number of nitrogens with two attached hydrogens (primary N) is 1. The first kappa shape index (κ1) is 31.7. The minimum absolute atomic E-state index is 0.0437. The molecule has 11 heteroatoms. The van der Waals surface area contributed by atoms with Gasteiger partial charge in [0.2, 0.25) is 5.91 Å². The van der Waals surface area contributed by atoms with Crippen LogP contribution in [0.4, 0.5) is 20.3 Å². The van der Waals surface area contributed by atoms with E-state index in [1.54, 1.807) is 20.0 Å². The van der Waals surface area contributed by atoms with Gasteiger partial charge in [-0.25, -0.2) is 8.78 Å². The predicted molar refractivity (Wildman–Crippen MR) is 175 cm³/mol. The highest BCUT2D eigenvalue weighted by atomic mass is 19.3. The van der Waals surface area contributed by atoms with E-state index in [-0.39, 0.29) is 17.5 Å². The second-order valence-electron chi connectivity index (χ2n) is 13.3. The van der Waals surface area contributed by atoms with Gasteiger partial charge in [-0.1, -0.05) is 6.92 Å². The first-order valence-electron chi connectivity index (χ1n) is 16.6. The van der Waals surface area contributed by atoms with Crippen LogP contribution in [0.2, 0.25) is 0 Å². The van der Waals surface area contributed by atoms with Gasteiger partial charge in [0.1, 0.15) is 0 Å². The van der Waals surface area contributed by atoms with E-state index in [1.165, 1.54) is 24.5 Å². The molecule has 0 radical (unpaired) electrons. The highest BCUT2D eigenvalue weighted by Crippen LogP contribution is 2.42. The minimum atomic E-state index is -2.67. The fraction of sp³-hybridized carbons (Fsp3) is 0.618. The highest BCUT2D eigenvalue weighted by molar-refractivity contribution is 6.10. The van der Waals surface area contributed by atoms with Crippen molar-refractivity contribution < 1.29 is 13.6 Å². The van der Waals surface area contributed by atoms with Crippen molar-refractivity contribution in [2.75, 3.05) is 57.8 Å². The molecule has 2 atom stereocenters. The number of halogens is 2. The van der Waals surface area contributed by atoms with Gasteiger partial charge in [0, 0.05) is 93.6 Å². The second-order valence-corrected chi connectivity index (χ2v) is 13.3. The molecule has 3 N–H and O–H groups in total. The van der Waals surface area contributed by atoms with Gasteiger partial charge in [-0.15, -0.1) is 0 Å². The number of amides is 1. The van der Waals surface area contributed by atoms with E-state index in [1.807, 2.05) is 11.0 Å². The van der Waals surface area contributed by atoms with Crippen LogP contribution in [0.25, 0.3) is 5.57 Å². The predicted octanol–water partition coefficient (Wildman–Crippen LogP) is 4.69. The lowest BCUT2D eigenvalue weighted by molar-refractivity contribution is -0.129. The van der Waals surface area contributed by atoms with Gasteiger partial charge in [0.15, 0.2) is 5.82 Å². The molecule has 0 aliphatic carbocycles. The highest BCUT2D eigenvalue weighted by Gasteiger charge is 2.35. The lowest BCUT2D eigenvalue weighted by Gasteiger charge is -2.38. The van der Waals surface area contributed by atoms with Crippen LogP contribution in [0.1, 0.15) is 79.9 Å². The fourth-order valence-electron chi connectivity index (χ4n) is 7.87. The molecule has 244 valence electrons. The molecule has 1 aromatic carbocycles. The molecule has 45 heavy (non-hydrogen) atoms. The average molecular weight is 623 g/mol. The van der Waals surface area contributed by atoms with Crippen molar-refractivity contribution in [2.45, 2.75) is 71.4 Å². The number of benzene rings is 1. The molecule has 1 aromatic heterocycles. The number of aryl methyl sites for hydroxylation is 1. The van der Waals surface area contributed by atoms with Gasteiger partial charge in [0.05, 0.1) is 12.6 Å². The van der Waals surface area contributed by atoms with Crippen LogP contribution in [-0.4, -0.2) is 84.6 Å². The summed E-state index contributed by atoms with van der Waals surface area (Å²) < 4.78 is 31.3. The van der Waals surface area contributed by atoms with Gasteiger partial charge in [0.25, 0.3) is 6.43 Å². The number of aromatic nitrogens is 2. The Morgan fingerprint density at radius 3 is 2.67 bits per heavy atom. The van der Waals surface area contributed by atoms with Crippen LogP contribution < -0.4 is 16.0 Å². The van der Waals surface area contributed by atoms with Crippen molar-refractivity contribution in [2.24, 2.45) is 22.6 Å². The second kappa shape index (κ2) is 13.6. The Balaban J connectivity index is 1.33. The van der Waals surface area contributed by atoms with Crippen molar-refractivity contribution in [1.29, 1.82) is 0 Å². The molecule has 6 rings (SSSR count). The molecule has 9 nitrogen and oxygen atoms in total. The Kier molecular flexibility index (Phi) is 9.56. The zero-order chi connectivity index (χ0) is 31.7. The summed E-state index contributed by atoms with van der Waals surface area (Å²) in [7, 11) is 1.61. The number of hydrogen-bond donors (Lipinski definition) is 2. The van der Waals surface area contributed by atoms with Gasteiger partial charge in [-0.3, -0.25) is 14.5 Å². The number of fused-ring (bicyclic) bond motifs is 2. The molecule has 0 saturated carbocycles. The summed E-state index contributed by atoms with van der Waals surface area (Å²) in [5.41, 5.74) is 10.7. The Bertz CT molecular complexity index is 1440. The molecule has 2 aromatic rings. The summed E-state index contributed by atoms with van der Waals surface area (Å²) in [6.07, 6.45) is 5.90. The summed E-state index contributed by atoms with van der Waals surface area (Å²) in [5, 5.41) is 8.82. The molecule has 5 heterocycles. The normalized spacial score (nSPS) is 23.6. The molecule has 4 aliphatic rings. The number of likely N-dealkylation sites (tertiary alicyclic amines) is 1. The third-order valence-corrected chi connectivity index (χ3v) is 10.5. The lowest BCUT2D eigenvalue weighted by atomic mass is 9.87. The van der Waals surface area contributed by atoms with Crippen LogP contribution in [0.5, 0.6) is 0 Å². The Morgan fingerprint density at radius 2 is 1.98 bits per heavy atom. The minimum Gasteiger partial charge on any atom is -0.404 e. The summed E-state index contributed by atoms with van der Waals surface area (Å²) in [4.78, 5) is 23.2. The molecule has 1 amide bonds. The number of hydrogen-bond acceptors (Lipinski definition) is 7. The smallest absolute Gasteiger partial charge is 0.264 e. The van der Waals surface area contributed by atoms with Crippen LogP contribution in [-0.2, 0) is 24.2 Å². The first-order valence-corrected chi connectivity index (χ1v) is 16.6. The maximum Gasteiger partial charge on any atom is 0.264 e. The van der Waals surface area contributed by atoms with E-state index in [0.29, 0.717) is 36.7 Å². The van der Waals surface area contributed by atoms with Gasteiger partial charge in [-0.2, -0.15) is 5.10 Å². The molecule has 2 fully saturated rings. The number of aliphatic imine (C=N–C) groups is 1. The summed E-state index contributed by atoms with van der Waals surface area (Å²) in [5.74, 6) is 2.30. The van der Waals surface area contributed by atoms with Crippen molar-refractivity contribution in [3.05, 3.63) is 46.3 Å². The van der Waals surface area contributed by atoms with E-state index in [0.717, 1.165) is 93.4 Å². The van der Waals surface area contributed by atoms with E-state index < -0.39 is 6.43 Å². The fourth-order valence-corrected chi connectivity index (χ4v) is 7.87. The zero-order valence-corrected chi connectivity index (χ0v) is 26.9. The van der Waals surface area contributed by atoms with E-state index in [4.69, 9.17) is 10.8 Å². The Hall–Kier alpha value is -3.31. The van der Waals surface area contributed by atoms with E-state index in [2.05, 4.69) is 31.7 Å². The average Bonchev–Trinajstić information content (AvgIpc) is 3.42. The number of nitrogens with one attached hydrogen (secondary N) is 1. The van der Waals surface area contributed by atoms with Gasteiger partial charge < -0.3 is 25.8 Å². The summed E-state index contributed by atoms with van der Waals surface area (Å²) in [6.45, 7) is 11.3. The Labute approximate surface area is 265 Å². The third-order valence-electron chi connectivity index (χ3n) is 10.5. The Morgan fingerprint density at radius 1 is 1.18 bits per heavy atom. The van der Waals surface area contributed by atoms with Crippen molar-refractivity contribution in [3.63, 3.8) is 0 Å². The molecular weight excluding hydrogens is 574 g/mol. The SMILES string of the molecule is CN=C/C(=C\N)c1cc2c(cc1C(F)F)N(c1nn(C3CCN(CC4CCNCC4C)CC3)c3c1CN(C(C)=O)CC3)CCC2. The van der Waals surface area contributed by atoms with E-state index in [9.17, 15) is 13.6 Å². The molecule has 4 aliphatic heterocycles. The lowest BCUT2D eigenvalue weighted by Crippen LogP contribution is -2.44. The number of allylic oxidation sites excluding steroid dienone is 1. The number of anilines is 2. The summed E-state index contributed by atoms with van der Waals surface area (Å²) in [6, 6.07) is 3.76. The van der Waals surface area contributed by atoms with Gasteiger partial charge in [-0.05, 0) is 80.3 Å². The quantitative estimate of drug-likeness (QED) is 0.435. The molecule has 2 saturated heterocycles. The number of alkyl halides is 2. The number of carbonyl (C=O) groups is 1. The molecular formula is C34H48F2N8O. The van der Waals surface area contributed by atoms with Crippen LogP contribution >= 0.6 is 0 Å². The van der Waals surface area contributed by atoms with Crippen LogP contribution in [0.15, 0.2) is 23.3 Å². The monoisotopic (exact) mass is 622 g/mol. The summed E-state index contributed by atoms with van der Waals surface area (Å²) >= 11 is 0. The van der Waals surface area contributed by atoms with Crippen LogP contribution in [0, 0.1) is 11.8 Å². The topological polar surface area (TPSA) is 95.0 Å². The number of nitrogens with zero attached hydrogens (tertiary/aromatic N) is 6. The standard InChI is InChI=1S/C34H48F2N8O/c1-22-18-39-10-6-25(22)20-41-12-7-27(8-13-41)44-31-9-14-42(23(2)45)21-30(31)34(40-44)43-11-4-5-24-15-28(26(17-37)19-38-3)29(33(35)36)16-32(24)43/h15-17,19,22,25,27,33,39H,4-14,18,20-21,37H2,1-3H3/b26-17+,38-19?. The first-order chi connectivity index (χ1) is 21.8. The van der Waals surface area contributed by atoms with Gasteiger partial charge >= 0.3 is 0 Å².